The van der Waals surface area contributed by atoms with E-state index in [2.05, 4.69) is 36.9 Å². The van der Waals surface area contributed by atoms with Crippen molar-refractivity contribution in [3.63, 3.8) is 0 Å². The average molecular weight is 229 g/mol. The molecule has 0 aliphatic carbocycles. The first-order valence-electron chi connectivity index (χ1n) is 6.51. The van der Waals surface area contributed by atoms with E-state index >= 15 is 0 Å². The second kappa shape index (κ2) is 5.87. The molecule has 0 atom stereocenters. The fourth-order valence-electron chi connectivity index (χ4n) is 2.61. The molecule has 1 heterocycles. The number of hydrogen-bond donors (Lipinski definition) is 0. The average Bonchev–Trinajstić information content (AvgIpc) is 2.27. The number of terminal acetylenes is 1. The van der Waals surface area contributed by atoms with Crippen molar-refractivity contribution in [3.05, 3.63) is 29.1 Å². The molecular weight excluding hydrogens is 206 g/mol. The Morgan fingerprint density at radius 2 is 1.59 bits per heavy atom. The van der Waals surface area contributed by atoms with E-state index in [4.69, 9.17) is 6.42 Å². The summed E-state index contributed by atoms with van der Waals surface area (Å²) in [7, 11) is 0. The van der Waals surface area contributed by atoms with Crippen molar-refractivity contribution in [3.8, 4) is 12.3 Å². The lowest BCUT2D eigenvalue weighted by atomic mass is 9.74. The van der Waals surface area contributed by atoms with Crippen molar-refractivity contribution in [2.24, 2.45) is 0 Å². The van der Waals surface area contributed by atoms with Gasteiger partial charge in [0.2, 0.25) is 0 Å². The molecule has 0 aliphatic heterocycles. The van der Waals surface area contributed by atoms with E-state index in [1.165, 1.54) is 5.56 Å². The van der Waals surface area contributed by atoms with E-state index in [-0.39, 0.29) is 5.41 Å². The van der Waals surface area contributed by atoms with Crippen molar-refractivity contribution in [2.45, 2.75) is 58.8 Å². The van der Waals surface area contributed by atoms with Crippen LogP contribution in [0.4, 0.5) is 0 Å². The zero-order valence-electron chi connectivity index (χ0n) is 11.5. The molecule has 0 aromatic carbocycles. The van der Waals surface area contributed by atoms with Gasteiger partial charge in [-0.15, -0.1) is 6.42 Å². The van der Waals surface area contributed by atoms with Crippen LogP contribution in [0.25, 0.3) is 0 Å². The van der Waals surface area contributed by atoms with Crippen LogP contribution >= 0.6 is 0 Å². The molecule has 0 N–H and O–H groups in total. The van der Waals surface area contributed by atoms with Gasteiger partial charge in [0.05, 0.1) is 5.41 Å². The zero-order valence-corrected chi connectivity index (χ0v) is 11.5. The Hall–Kier alpha value is -1.29. The third kappa shape index (κ3) is 3.09. The minimum Gasteiger partial charge on any atom is -0.258 e. The first-order chi connectivity index (χ1) is 8.07. The molecule has 1 rings (SSSR count). The molecule has 0 bridgehead atoms. The summed E-state index contributed by atoms with van der Waals surface area (Å²) >= 11 is 0. The van der Waals surface area contributed by atoms with Crippen LogP contribution in [0.5, 0.6) is 0 Å². The van der Waals surface area contributed by atoms with Gasteiger partial charge in [-0.2, -0.15) is 0 Å². The Morgan fingerprint density at radius 3 is 1.94 bits per heavy atom. The number of nitrogens with zero attached hydrogens (tertiary/aromatic N) is 1. The highest BCUT2D eigenvalue weighted by Gasteiger charge is 2.28. The van der Waals surface area contributed by atoms with Gasteiger partial charge >= 0.3 is 0 Å². The molecule has 0 fully saturated rings. The summed E-state index contributed by atoms with van der Waals surface area (Å²) in [6, 6.07) is 4.30. The molecule has 0 unspecified atom stereocenters. The van der Waals surface area contributed by atoms with Crippen molar-refractivity contribution in [1.82, 2.24) is 4.98 Å². The normalized spacial score (nSPS) is 11.2. The topological polar surface area (TPSA) is 12.9 Å². The fraction of sp³-hybridized carbons (Fsp3) is 0.562. The van der Waals surface area contributed by atoms with Crippen molar-refractivity contribution in [2.75, 3.05) is 0 Å². The fourth-order valence-corrected chi connectivity index (χ4v) is 2.61. The van der Waals surface area contributed by atoms with Crippen LogP contribution in [0.1, 0.15) is 56.5 Å². The number of hydrogen-bond acceptors (Lipinski definition) is 1. The molecule has 0 amide bonds. The van der Waals surface area contributed by atoms with Crippen LogP contribution in [0.3, 0.4) is 0 Å². The number of aryl methyl sites for hydroxylation is 2. The number of pyridine rings is 1. The second-order valence-electron chi connectivity index (χ2n) is 4.87. The summed E-state index contributed by atoms with van der Waals surface area (Å²) in [5.74, 6) is 3.06. The molecule has 1 aromatic rings. The third-order valence-corrected chi connectivity index (χ3v) is 3.26. The molecule has 0 spiro atoms. The summed E-state index contributed by atoms with van der Waals surface area (Å²) in [5, 5.41) is 0. The van der Waals surface area contributed by atoms with E-state index in [9.17, 15) is 0 Å². The predicted molar refractivity (Wildman–Crippen MR) is 74.0 cm³/mol. The van der Waals surface area contributed by atoms with E-state index < -0.39 is 0 Å². The number of rotatable bonds is 5. The van der Waals surface area contributed by atoms with Crippen LogP contribution in [-0.4, -0.2) is 4.98 Å². The Balaban J connectivity index is 3.25. The Kier molecular flexibility index (Phi) is 4.75. The summed E-state index contributed by atoms with van der Waals surface area (Å²) < 4.78 is 0. The number of aromatic nitrogens is 1. The molecule has 0 radical (unpaired) electrons. The van der Waals surface area contributed by atoms with Gasteiger partial charge in [0.15, 0.2) is 0 Å². The van der Waals surface area contributed by atoms with E-state index in [0.29, 0.717) is 0 Å². The van der Waals surface area contributed by atoms with Gasteiger partial charge < -0.3 is 0 Å². The summed E-state index contributed by atoms with van der Waals surface area (Å²) in [6.45, 7) is 8.47. The van der Waals surface area contributed by atoms with Crippen LogP contribution in [0.15, 0.2) is 12.1 Å². The van der Waals surface area contributed by atoms with E-state index in [0.717, 1.165) is 37.1 Å². The lowest BCUT2D eigenvalue weighted by Gasteiger charge is -2.29. The molecule has 0 saturated heterocycles. The maximum absolute atomic E-state index is 5.84. The van der Waals surface area contributed by atoms with E-state index in [1.54, 1.807) is 0 Å². The largest absolute Gasteiger partial charge is 0.258 e. The molecule has 0 aliphatic rings. The van der Waals surface area contributed by atoms with Crippen molar-refractivity contribution in [1.29, 1.82) is 0 Å². The van der Waals surface area contributed by atoms with Crippen LogP contribution in [0.2, 0.25) is 0 Å². The first-order valence-corrected chi connectivity index (χ1v) is 6.51. The zero-order chi connectivity index (χ0) is 12.9. The minimum absolute atomic E-state index is 0.0953. The van der Waals surface area contributed by atoms with Gasteiger partial charge in [-0.1, -0.05) is 32.6 Å². The molecule has 1 aromatic heterocycles. The first kappa shape index (κ1) is 13.8. The molecule has 0 saturated carbocycles. The maximum atomic E-state index is 5.84. The summed E-state index contributed by atoms with van der Waals surface area (Å²) in [5.41, 5.74) is 3.30. The lowest BCUT2D eigenvalue weighted by molar-refractivity contribution is 0.458. The highest BCUT2D eigenvalue weighted by Crippen LogP contribution is 2.34. The van der Waals surface area contributed by atoms with E-state index in [1.807, 2.05) is 13.8 Å². The van der Waals surface area contributed by atoms with Crippen LogP contribution in [-0.2, 0) is 5.41 Å². The van der Waals surface area contributed by atoms with Crippen LogP contribution < -0.4 is 0 Å². The standard InChI is InChI=1S/C16H23N/c1-6-9-16(8-3,10-7-2)15-11-13(4)17-14(5)12-15/h3,11-12H,6-7,9-10H2,1-2,4-5H3. The van der Waals surface area contributed by atoms with Gasteiger partial charge in [-0.25, -0.2) is 0 Å². The Morgan fingerprint density at radius 1 is 1.12 bits per heavy atom. The molecule has 17 heavy (non-hydrogen) atoms. The maximum Gasteiger partial charge on any atom is 0.0561 e. The minimum atomic E-state index is -0.0953. The molecular formula is C16H23N. The Labute approximate surface area is 106 Å². The second-order valence-corrected chi connectivity index (χ2v) is 4.87. The van der Waals surface area contributed by atoms with Gasteiger partial charge in [-0.05, 0) is 44.4 Å². The SMILES string of the molecule is C#CC(CCC)(CCC)c1cc(C)nc(C)c1. The smallest absolute Gasteiger partial charge is 0.0561 e. The van der Waals surface area contributed by atoms with Crippen molar-refractivity contribution < 1.29 is 0 Å². The quantitative estimate of drug-likeness (QED) is 0.691. The van der Waals surface area contributed by atoms with Gasteiger partial charge in [-0.3, -0.25) is 4.98 Å². The van der Waals surface area contributed by atoms with Gasteiger partial charge in [0, 0.05) is 11.4 Å². The Bertz CT molecular complexity index is 386. The monoisotopic (exact) mass is 229 g/mol. The predicted octanol–water partition coefficient (Wildman–Crippen LogP) is 4.17. The molecule has 1 nitrogen and oxygen atoms in total. The highest BCUT2D eigenvalue weighted by atomic mass is 14.7. The summed E-state index contributed by atoms with van der Waals surface area (Å²) in [4.78, 5) is 4.43. The van der Waals surface area contributed by atoms with Gasteiger partial charge in [0.25, 0.3) is 0 Å². The summed E-state index contributed by atoms with van der Waals surface area (Å²) in [6.07, 6.45) is 10.2. The third-order valence-electron chi connectivity index (χ3n) is 3.26. The highest BCUT2D eigenvalue weighted by molar-refractivity contribution is 5.36. The molecule has 1 heteroatoms. The van der Waals surface area contributed by atoms with Crippen molar-refractivity contribution >= 4 is 0 Å². The van der Waals surface area contributed by atoms with Gasteiger partial charge in [0.1, 0.15) is 0 Å². The molecule has 92 valence electrons. The van der Waals surface area contributed by atoms with Crippen LogP contribution in [0, 0.1) is 26.2 Å². The lowest BCUT2D eigenvalue weighted by Crippen LogP contribution is -2.24.